The lowest BCUT2D eigenvalue weighted by atomic mass is 9.92. The summed E-state index contributed by atoms with van der Waals surface area (Å²) in [6.07, 6.45) is 0.832. The highest BCUT2D eigenvalue weighted by atomic mass is 16.6. The maximum Gasteiger partial charge on any atom is 0.111 e. The monoisotopic (exact) mass is 203 g/mol. The largest absolute Gasteiger partial charge is 0.365 e. The smallest absolute Gasteiger partial charge is 0.111 e. The summed E-state index contributed by atoms with van der Waals surface area (Å²) in [5.41, 5.74) is 8.19. The Morgan fingerprint density at radius 2 is 2.13 bits per heavy atom. The van der Waals surface area contributed by atoms with E-state index < -0.39 is 0 Å². The third-order valence-electron chi connectivity index (χ3n) is 3.00. The number of ether oxygens (including phenoxy) is 1. The fourth-order valence-corrected chi connectivity index (χ4v) is 1.68. The number of hydrogen-bond donors (Lipinski definition) is 1. The zero-order chi connectivity index (χ0) is 10.9. The fourth-order valence-electron chi connectivity index (χ4n) is 1.68. The van der Waals surface area contributed by atoms with E-state index in [0.29, 0.717) is 0 Å². The Hall–Kier alpha value is -1.12. The van der Waals surface area contributed by atoms with Crippen molar-refractivity contribution in [2.75, 3.05) is 6.61 Å². The van der Waals surface area contributed by atoms with E-state index in [1.165, 1.54) is 5.56 Å². The molecule has 1 heterocycles. The van der Waals surface area contributed by atoms with Gasteiger partial charge in [0.15, 0.2) is 0 Å². The van der Waals surface area contributed by atoms with Crippen molar-refractivity contribution in [1.82, 2.24) is 0 Å². The molecule has 1 fully saturated rings. The van der Waals surface area contributed by atoms with E-state index in [-0.39, 0.29) is 11.6 Å². The summed E-state index contributed by atoms with van der Waals surface area (Å²) >= 11 is 0. The van der Waals surface area contributed by atoms with Crippen molar-refractivity contribution in [2.45, 2.75) is 25.0 Å². The van der Waals surface area contributed by atoms with Gasteiger partial charge in [0.2, 0.25) is 0 Å². The Labute approximate surface area is 90.7 Å². The Bertz CT molecular complexity index is 354. The van der Waals surface area contributed by atoms with Gasteiger partial charge in [-0.25, -0.2) is 0 Å². The van der Waals surface area contributed by atoms with Crippen LogP contribution in [0.5, 0.6) is 0 Å². The highest BCUT2D eigenvalue weighted by Crippen LogP contribution is 2.35. The minimum Gasteiger partial charge on any atom is -0.365 e. The van der Waals surface area contributed by atoms with Gasteiger partial charge < -0.3 is 10.5 Å². The number of benzene rings is 1. The van der Waals surface area contributed by atoms with Gasteiger partial charge in [-0.15, -0.1) is 0 Å². The summed E-state index contributed by atoms with van der Waals surface area (Å²) < 4.78 is 5.34. The highest BCUT2D eigenvalue weighted by Gasteiger charge is 2.43. The Balaban J connectivity index is 1.98. The fraction of sp³-hybridized carbons (Fsp3) is 0.385. The van der Waals surface area contributed by atoms with Gasteiger partial charge in [0.1, 0.15) is 5.60 Å². The van der Waals surface area contributed by atoms with Crippen LogP contribution in [0.4, 0.5) is 0 Å². The summed E-state index contributed by atoms with van der Waals surface area (Å²) in [7, 11) is 0. The molecule has 0 radical (unpaired) electrons. The second kappa shape index (κ2) is 3.80. The van der Waals surface area contributed by atoms with E-state index in [1.807, 2.05) is 25.1 Å². The third kappa shape index (κ3) is 2.28. The molecule has 0 unspecified atom stereocenters. The molecule has 2 rings (SSSR count). The topological polar surface area (TPSA) is 38.5 Å². The van der Waals surface area contributed by atoms with Crippen LogP contribution in [0.2, 0.25) is 0 Å². The average molecular weight is 203 g/mol. The SMILES string of the molecule is C=C([C@@H](N)Cc1ccccc1)[C@@]1(C)CO1. The molecule has 1 aromatic carbocycles. The van der Waals surface area contributed by atoms with Gasteiger partial charge in [-0.3, -0.25) is 0 Å². The van der Waals surface area contributed by atoms with Crippen molar-refractivity contribution < 1.29 is 4.74 Å². The van der Waals surface area contributed by atoms with Gasteiger partial charge in [-0.1, -0.05) is 36.9 Å². The molecule has 1 aliphatic rings. The van der Waals surface area contributed by atoms with Gasteiger partial charge in [0.25, 0.3) is 0 Å². The van der Waals surface area contributed by atoms with Crippen LogP contribution in [-0.4, -0.2) is 18.2 Å². The minimum absolute atomic E-state index is 0.0140. The first kappa shape index (κ1) is 10.4. The van der Waals surface area contributed by atoms with Crippen LogP contribution >= 0.6 is 0 Å². The summed E-state index contributed by atoms with van der Waals surface area (Å²) in [6.45, 7) is 6.83. The van der Waals surface area contributed by atoms with E-state index in [9.17, 15) is 0 Å². The van der Waals surface area contributed by atoms with Crippen LogP contribution in [0.25, 0.3) is 0 Å². The Kier molecular flexibility index (Phi) is 2.63. The van der Waals surface area contributed by atoms with Crippen LogP contribution in [0.15, 0.2) is 42.5 Å². The molecule has 2 atom stereocenters. The van der Waals surface area contributed by atoms with Crippen LogP contribution in [0.1, 0.15) is 12.5 Å². The minimum atomic E-state index is -0.159. The average Bonchev–Trinajstić information content (AvgIpc) is 2.98. The molecule has 2 heteroatoms. The molecule has 0 amide bonds. The predicted octanol–water partition coefficient (Wildman–Crippen LogP) is 1.90. The van der Waals surface area contributed by atoms with Crippen molar-refractivity contribution in [1.29, 1.82) is 0 Å². The zero-order valence-corrected chi connectivity index (χ0v) is 9.07. The predicted molar refractivity (Wildman–Crippen MR) is 61.6 cm³/mol. The lowest BCUT2D eigenvalue weighted by molar-refractivity contribution is 0.347. The van der Waals surface area contributed by atoms with Crippen LogP contribution < -0.4 is 5.73 Å². The van der Waals surface area contributed by atoms with Crippen LogP contribution in [-0.2, 0) is 11.2 Å². The van der Waals surface area contributed by atoms with E-state index in [0.717, 1.165) is 18.6 Å². The molecule has 2 nitrogen and oxygen atoms in total. The molecule has 0 saturated carbocycles. The number of hydrogen-bond acceptors (Lipinski definition) is 2. The van der Waals surface area contributed by atoms with Crippen LogP contribution in [0, 0.1) is 0 Å². The van der Waals surface area contributed by atoms with Crippen molar-refractivity contribution in [3.05, 3.63) is 48.0 Å². The first-order chi connectivity index (χ1) is 7.12. The van der Waals surface area contributed by atoms with Crippen molar-refractivity contribution >= 4 is 0 Å². The molecule has 2 N–H and O–H groups in total. The molecule has 0 aromatic heterocycles. The molecule has 1 aliphatic heterocycles. The standard InChI is InChI=1S/C13H17NO/c1-10(13(2)9-15-13)12(14)8-11-6-4-3-5-7-11/h3-7,12H,1,8-9,14H2,2H3/t12-,13+/m0/s1. The second-order valence-corrected chi connectivity index (χ2v) is 4.34. The molecule has 0 bridgehead atoms. The summed E-state index contributed by atoms with van der Waals surface area (Å²) in [6, 6.07) is 10.2. The molecule has 0 spiro atoms. The summed E-state index contributed by atoms with van der Waals surface area (Å²) in [4.78, 5) is 0. The second-order valence-electron chi connectivity index (χ2n) is 4.34. The van der Waals surface area contributed by atoms with E-state index >= 15 is 0 Å². The number of epoxide rings is 1. The van der Waals surface area contributed by atoms with Crippen LogP contribution in [0.3, 0.4) is 0 Å². The van der Waals surface area contributed by atoms with Gasteiger partial charge >= 0.3 is 0 Å². The van der Waals surface area contributed by atoms with E-state index in [4.69, 9.17) is 10.5 Å². The Morgan fingerprint density at radius 3 is 2.67 bits per heavy atom. The summed E-state index contributed by atoms with van der Waals surface area (Å²) in [5, 5.41) is 0. The lowest BCUT2D eigenvalue weighted by Gasteiger charge is -2.17. The Morgan fingerprint density at radius 1 is 1.53 bits per heavy atom. The normalized spacial score (nSPS) is 26.0. The maximum atomic E-state index is 6.10. The van der Waals surface area contributed by atoms with Crippen molar-refractivity contribution in [3.63, 3.8) is 0 Å². The lowest BCUT2D eigenvalue weighted by Crippen LogP contribution is -2.31. The van der Waals surface area contributed by atoms with Gasteiger partial charge in [-0.2, -0.15) is 0 Å². The molecule has 80 valence electrons. The molecular formula is C13H17NO. The first-order valence-electron chi connectivity index (χ1n) is 5.24. The molecular weight excluding hydrogens is 186 g/mol. The molecule has 15 heavy (non-hydrogen) atoms. The quantitative estimate of drug-likeness (QED) is 0.599. The third-order valence-corrected chi connectivity index (χ3v) is 3.00. The van der Waals surface area contributed by atoms with E-state index in [2.05, 4.69) is 18.7 Å². The molecule has 1 aromatic rings. The number of rotatable bonds is 4. The van der Waals surface area contributed by atoms with Gasteiger partial charge in [-0.05, 0) is 24.5 Å². The zero-order valence-electron chi connectivity index (χ0n) is 9.07. The molecule has 1 saturated heterocycles. The van der Waals surface area contributed by atoms with Gasteiger partial charge in [0, 0.05) is 6.04 Å². The molecule has 0 aliphatic carbocycles. The first-order valence-corrected chi connectivity index (χ1v) is 5.24. The number of nitrogens with two attached hydrogens (primary N) is 1. The van der Waals surface area contributed by atoms with Crippen molar-refractivity contribution in [2.24, 2.45) is 5.73 Å². The summed E-state index contributed by atoms with van der Waals surface area (Å²) in [5.74, 6) is 0. The van der Waals surface area contributed by atoms with Gasteiger partial charge in [0.05, 0.1) is 6.61 Å². The van der Waals surface area contributed by atoms with E-state index in [1.54, 1.807) is 0 Å². The van der Waals surface area contributed by atoms with Crippen molar-refractivity contribution in [3.8, 4) is 0 Å². The maximum absolute atomic E-state index is 6.10. The highest BCUT2D eigenvalue weighted by molar-refractivity contribution is 5.27.